The van der Waals surface area contributed by atoms with E-state index in [0.717, 1.165) is 42.8 Å². The fourth-order valence-corrected chi connectivity index (χ4v) is 4.36. The Balaban J connectivity index is 1.69. The molecule has 7 heteroatoms. The molecule has 3 aromatic heterocycles. The highest BCUT2D eigenvalue weighted by atomic mass is 19.1. The van der Waals surface area contributed by atoms with Crippen LogP contribution in [-0.2, 0) is 0 Å². The van der Waals surface area contributed by atoms with E-state index in [1.54, 1.807) is 6.20 Å². The van der Waals surface area contributed by atoms with Crippen molar-refractivity contribution >= 4 is 22.1 Å². The van der Waals surface area contributed by atoms with Crippen molar-refractivity contribution in [3.05, 3.63) is 48.1 Å². The van der Waals surface area contributed by atoms with Crippen molar-refractivity contribution in [1.29, 1.82) is 0 Å². The fraction of sp³-hybridized carbons (Fsp3) is 0.333. The fourth-order valence-electron chi connectivity index (χ4n) is 4.36. The predicted octanol–water partition coefficient (Wildman–Crippen LogP) is 4.43. The van der Waals surface area contributed by atoms with Crippen molar-refractivity contribution in [1.82, 2.24) is 24.4 Å². The van der Waals surface area contributed by atoms with Crippen molar-refractivity contribution in [2.24, 2.45) is 0 Å². The molecular weight excluding hydrogens is 360 g/mol. The van der Waals surface area contributed by atoms with Crippen LogP contribution in [0, 0.1) is 18.6 Å². The highest BCUT2D eigenvalue weighted by molar-refractivity contribution is 5.96. The molecule has 28 heavy (non-hydrogen) atoms. The summed E-state index contributed by atoms with van der Waals surface area (Å²) in [6, 6.07) is 5.17. The summed E-state index contributed by atoms with van der Waals surface area (Å²) in [7, 11) is 2.12. The number of pyridine rings is 1. The van der Waals surface area contributed by atoms with E-state index in [1.807, 2.05) is 13.0 Å². The van der Waals surface area contributed by atoms with Crippen LogP contribution in [0.15, 0.2) is 30.6 Å². The van der Waals surface area contributed by atoms with Gasteiger partial charge >= 0.3 is 0 Å². The van der Waals surface area contributed by atoms with Crippen LogP contribution in [0.25, 0.3) is 33.2 Å². The quantitative estimate of drug-likeness (QED) is 0.559. The van der Waals surface area contributed by atoms with Gasteiger partial charge in [0.05, 0.1) is 11.7 Å². The molecule has 1 aromatic carbocycles. The standard InChI is InChI=1S/C21H21F2N5/c1-12-26-20-18(23)7-13(17-11-25-21-16(17)9-14(22)10-24-21)8-19(20)28(12)15-3-5-27(2)6-4-15/h7-11,15H,3-6H2,1-2H3,(H,24,25). The minimum atomic E-state index is -0.415. The SMILES string of the molecule is Cc1nc2c(F)cc(-c3c[nH]c4ncc(F)cc34)cc2n1C1CCN(C)CC1. The van der Waals surface area contributed by atoms with E-state index in [1.165, 1.54) is 18.3 Å². The van der Waals surface area contributed by atoms with Crippen molar-refractivity contribution in [3.8, 4) is 11.1 Å². The summed E-state index contributed by atoms with van der Waals surface area (Å²) in [6.07, 6.45) is 4.94. The Labute approximate surface area is 161 Å². The Hall–Kier alpha value is -2.80. The third kappa shape index (κ3) is 2.69. The van der Waals surface area contributed by atoms with Crippen LogP contribution in [0.2, 0.25) is 0 Å². The van der Waals surface area contributed by atoms with E-state index in [4.69, 9.17) is 0 Å². The van der Waals surface area contributed by atoms with Gasteiger partial charge in [-0.2, -0.15) is 0 Å². The van der Waals surface area contributed by atoms with Crippen molar-refractivity contribution in [2.45, 2.75) is 25.8 Å². The number of aryl methyl sites for hydroxylation is 1. The van der Waals surface area contributed by atoms with Gasteiger partial charge in [0, 0.05) is 23.2 Å². The van der Waals surface area contributed by atoms with E-state index < -0.39 is 5.82 Å². The molecule has 4 heterocycles. The Morgan fingerprint density at radius 1 is 1.14 bits per heavy atom. The number of benzene rings is 1. The molecule has 5 rings (SSSR count). The van der Waals surface area contributed by atoms with Crippen molar-refractivity contribution < 1.29 is 8.78 Å². The number of fused-ring (bicyclic) bond motifs is 2. The zero-order chi connectivity index (χ0) is 19.4. The topological polar surface area (TPSA) is 49.7 Å². The smallest absolute Gasteiger partial charge is 0.151 e. The summed E-state index contributed by atoms with van der Waals surface area (Å²) in [5.74, 6) is 0.0512. The third-order valence-electron chi connectivity index (χ3n) is 5.79. The van der Waals surface area contributed by atoms with E-state index in [9.17, 15) is 8.78 Å². The second-order valence-electron chi connectivity index (χ2n) is 7.64. The number of rotatable bonds is 2. The third-order valence-corrected chi connectivity index (χ3v) is 5.79. The van der Waals surface area contributed by atoms with Gasteiger partial charge in [-0.05, 0) is 63.7 Å². The van der Waals surface area contributed by atoms with Crippen LogP contribution in [0.1, 0.15) is 24.7 Å². The molecule has 1 N–H and O–H groups in total. The molecule has 4 aromatic rings. The van der Waals surface area contributed by atoms with Crippen LogP contribution >= 0.6 is 0 Å². The number of imidazole rings is 1. The van der Waals surface area contributed by atoms with Gasteiger partial charge in [-0.3, -0.25) is 0 Å². The maximum Gasteiger partial charge on any atom is 0.151 e. The minimum Gasteiger partial charge on any atom is -0.346 e. The first kappa shape index (κ1) is 17.3. The highest BCUT2D eigenvalue weighted by Crippen LogP contribution is 2.35. The van der Waals surface area contributed by atoms with E-state index in [0.29, 0.717) is 28.2 Å². The number of aromatic amines is 1. The largest absolute Gasteiger partial charge is 0.346 e. The first-order valence-electron chi connectivity index (χ1n) is 9.51. The molecule has 1 aliphatic rings. The molecule has 0 saturated carbocycles. The van der Waals surface area contributed by atoms with Gasteiger partial charge in [0.15, 0.2) is 5.82 Å². The van der Waals surface area contributed by atoms with Crippen LogP contribution in [0.5, 0.6) is 0 Å². The molecule has 0 radical (unpaired) electrons. The molecule has 0 unspecified atom stereocenters. The van der Waals surface area contributed by atoms with Crippen LogP contribution < -0.4 is 0 Å². The average Bonchev–Trinajstić information content (AvgIpc) is 3.23. The first-order chi connectivity index (χ1) is 13.5. The number of nitrogens with one attached hydrogen (secondary N) is 1. The van der Waals surface area contributed by atoms with Gasteiger partial charge in [-0.25, -0.2) is 18.7 Å². The molecular formula is C21H21F2N5. The second-order valence-corrected chi connectivity index (χ2v) is 7.64. The van der Waals surface area contributed by atoms with E-state index in [2.05, 4.69) is 31.5 Å². The number of H-pyrrole nitrogens is 1. The predicted molar refractivity (Wildman–Crippen MR) is 105 cm³/mol. The number of aromatic nitrogens is 4. The normalized spacial score (nSPS) is 16.4. The minimum absolute atomic E-state index is 0.304. The zero-order valence-electron chi connectivity index (χ0n) is 15.8. The number of piperidine rings is 1. The van der Waals surface area contributed by atoms with Gasteiger partial charge in [-0.1, -0.05) is 0 Å². The maximum absolute atomic E-state index is 15.0. The molecule has 0 atom stereocenters. The molecule has 0 amide bonds. The van der Waals surface area contributed by atoms with Crippen LogP contribution in [0.4, 0.5) is 8.78 Å². The Morgan fingerprint density at radius 3 is 2.71 bits per heavy atom. The van der Waals surface area contributed by atoms with Gasteiger partial charge in [0.25, 0.3) is 0 Å². The summed E-state index contributed by atoms with van der Waals surface area (Å²) in [6.45, 7) is 3.96. The number of halogens is 2. The summed E-state index contributed by atoms with van der Waals surface area (Å²) in [5.41, 5.74) is 3.19. The lowest BCUT2D eigenvalue weighted by molar-refractivity contribution is 0.222. The molecule has 1 fully saturated rings. The van der Waals surface area contributed by atoms with E-state index >= 15 is 0 Å². The molecule has 1 saturated heterocycles. The van der Waals surface area contributed by atoms with Crippen LogP contribution in [-0.4, -0.2) is 44.6 Å². The molecule has 0 aliphatic carbocycles. The van der Waals surface area contributed by atoms with E-state index in [-0.39, 0.29) is 5.82 Å². The van der Waals surface area contributed by atoms with Gasteiger partial charge in [0.2, 0.25) is 0 Å². The summed E-state index contributed by atoms with van der Waals surface area (Å²) in [4.78, 5) is 13.9. The van der Waals surface area contributed by atoms with Crippen molar-refractivity contribution in [3.63, 3.8) is 0 Å². The molecule has 1 aliphatic heterocycles. The average molecular weight is 381 g/mol. The lowest BCUT2D eigenvalue weighted by Crippen LogP contribution is -2.31. The number of likely N-dealkylation sites (tertiary alicyclic amines) is 1. The number of hydrogen-bond acceptors (Lipinski definition) is 3. The lowest BCUT2D eigenvalue weighted by Gasteiger charge is -2.30. The van der Waals surface area contributed by atoms with Crippen LogP contribution in [0.3, 0.4) is 0 Å². The van der Waals surface area contributed by atoms with Gasteiger partial charge < -0.3 is 14.5 Å². The Bertz CT molecular complexity index is 1180. The molecule has 0 bridgehead atoms. The molecule has 5 nitrogen and oxygen atoms in total. The lowest BCUT2D eigenvalue weighted by atomic mass is 10.0. The summed E-state index contributed by atoms with van der Waals surface area (Å²) < 4.78 is 30.8. The first-order valence-corrected chi connectivity index (χ1v) is 9.51. The number of nitrogens with zero attached hydrogens (tertiary/aromatic N) is 4. The maximum atomic E-state index is 15.0. The monoisotopic (exact) mass is 381 g/mol. The summed E-state index contributed by atoms with van der Waals surface area (Å²) in [5, 5.41) is 0.640. The summed E-state index contributed by atoms with van der Waals surface area (Å²) >= 11 is 0. The number of hydrogen-bond donors (Lipinski definition) is 1. The Kier molecular flexibility index (Phi) is 3.94. The molecule has 0 spiro atoms. The highest BCUT2D eigenvalue weighted by Gasteiger charge is 2.24. The van der Waals surface area contributed by atoms with Gasteiger partial charge in [-0.15, -0.1) is 0 Å². The zero-order valence-corrected chi connectivity index (χ0v) is 15.8. The molecule has 144 valence electrons. The second kappa shape index (κ2) is 6.38. The van der Waals surface area contributed by atoms with Gasteiger partial charge in [0.1, 0.15) is 22.8 Å². The van der Waals surface area contributed by atoms with Crippen molar-refractivity contribution in [2.75, 3.05) is 20.1 Å². The Morgan fingerprint density at radius 2 is 1.93 bits per heavy atom.